The summed E-state index contributed by atoms with van der Waals surface area (Å²) in [5.41, 5.74) is 0.717. The van der Waals surface area contributed by atoms with E-state index in [1.54, 1.807) is 46.2 Å². The molecule has 3 rings (SSSR count). The molecule has 0 radical (unpaired) electrons. The van der Waals surface area contributed by atoms with Gasteiger partial charge < -0.3 is 15.1 Å². The largest absolute Gasteiger partial charge is 0.337 e. The third-order valence-electron chi connectivity index (χ3n) is 4.27. The van der Waals surface area contributed by atoms with Gasteiger partial charge in [-0.1, -0.05) is 23.7 Å². The van der Waals surface area contributed by atoms with E-state index >= 15 is 0 Å². The fraction of sp³-hybridized carbons (Fsp3) is 0.263. The zero-order valence-electron chi connectivity index (χ0n) is 14.1. The lowest BCUT2D eigenvalue weighted by molar-refractivity contribution is 0.0758. The third-order valence-corrected chi connectivity index (χ3v) is 4.52. The van der Waals surface area contributed by atoms with Crippen molar-refractivity contribution in [3.8, 4) is 0 Å². The Morgan fingerprint density at radius 3 is 2.31 bits per heavy atom. The lowest BCUT2D eigenvalue weighted by Gasteiger charge is -2.22. The Morgan fingerprint density at radius 1 is 0.923 bits per heavy atom. The highest BCUT2D eigenvalue weighted by molar-refractivity contribution is 6.30. The zero-order valence-corrected chi connectivity index (χ0v) is 14.9. The van der Waals surface area contributed by atoms with Crippen LogP contribution >= 0.6 is 11.6 Å². The van der Waals surface area contributed by atoms with Gasteiger partial charge in [0, 0.05) is 36.9 Å². The molecular formula is C19H19ClFN3O2. The summed E-state index contributed by atoms with van der Waals surface area (Å²) >= 11 is 5.84. The normalized spacial score (nSPS) is 14.7. The van der Waals surface area contributed by atoms with Gasteiger partial charge in [0.25, 0.3) is 5.91 Å². The highest BCUT2D eigenvalue weighted by Crippen LogP contribution is 2.16. The van der Waals surface area contributed by atoms with E-state index in [0.717, 1.165) is 0 Å². The predicted molar refractivity (Wildman–Crippen MR) is 99.0 cm³/mol. The summed E-state index contributed by atoms with van der Waals surface area (Å²) in [4.78, 5) is 28.2. The molecule has 0 atom stereocenters. The number of hydrogen-bond donors (Lipinski definition) is 1. The number of carbonyl (C=O) groups excluding carboxylic acids is 2. The quantitative estimate of drug-likeness (QED) is 0.866. The molecule has 1 heterocycles. The van der Waals surface area contributed by atoms with Gasteiger partial charge in [-0.05, 0) is 42.8 Å². The van der Waals surface area contributed by atoms with Crippen LogP contribution in [0.4, 0.5) is 14.9 Å². The number of hydrogen-bond acceptors (Lipinski definition) is 2. The summed E-state index contributed by atoms with van der Waals surface area (Å²) in [7, 11) is 0. The summed E-state index contributed by atoms with van der Waals surface area (Å²) in [5.74, 6) is -0.873. The Labute approximate surface area is 156 Å². The molecule has 5 nitrogen and oxygen atoms in total. The molecule has 3 amide bonds. The first kappa shape index (κ1) is 18.2. The standard InChI is InChI=1S/C19H19ClFN3O2/c20-14-6-8-15(9-7-14)22-19(26)24-11-3-10-23(12-13-24)18(25)16-4-1-2-5-17(16)21/h1-2,4-9H,3,10-13H2,(H,22,26). The van der Waals surface area contributed by atoms with E-state index in [-0.39, 0.29) is 17.5 Å². The molecule has 1 aliphatic rings. The van der Waals surface area contributed by atoms with E-state index in [1.165, 1.54) is 12.1 Å². The molecule has 136 valence electrons. The van der Waals surface area contributed by atoms with Crippen LogP contribution in [0.1, 0.15) is 16.8 Å². The molecule has 26 heavy (non-hydrogen) atoms. The van der Waals surface area contributed by atoms with Crippen molar-refractivity contribution in [3.05, 3.63) is 64.9 Å². The van der Waals surface area contributed by atoms with Crippen LogP contribution in [0.3, 0.4) is 0 Å². The second kappa shape index (κ2) is 8.19. The number of nitrogens with one attached hydrogen (secondary N) is 1. The first-order valence-electron chi connectivity index (χ1n) is 8.40. The molecule has 1 aliphatic heterocycles. The van der Waals surface area contributed by atoms with Gasteiger partial charge in [0.2, 0.25) is 0 Å². The molecule has 0 aromatic heterocycles. The molecule has 0 aliphatic carbocycles. The second-order valence-corrected chi connectivity index (χ2v) is 6.49. The van der Waals surface area contributed by atoms with Gasteiger partial charge in [0.15, 0.2) is 0 Å². The van der Waals surface area contributed by atoms with Gasteiger partial charge in [-0.3, -0.25) is 4.79 Å². The molecule has 7 heteroatoms. The minimum atomic E-state index is -0.529. The molecular weight excluding hydrogens is 357 g/mol. The molecule has 0 unspecified atom stereocenters. The number of rotatable bonds is 2. The second-order valence-electron chi connectivity index (χ2n) is 6.05. The van der Waals surface area contributed by atoms with Gasteiger partial charge in [-0.2, -0.15) is 0 Å². The maximum absolute atomic E-state index is 13.8. The zero-order chi connectivity index (χ0) is 18.5. The first-order chi connectivity index (χ1) is 12.5. The first-order valence-corrected chi connectivity index (χ1v) is 8.78. The fourth-order valence-corrected chi connectivity index (χ4v) is 2.99. The van der Waals surface area contributed by atoms with Crippen molar-refractivity contribution >= 4 is 29.2 Å². The summed E-state index contributed by atoms with van der Waals surface area (Å²) in [6, 6.07) is 12.6. The Balaban J connectivity index is 1.61. The Kier molecular flexibility index (Phi) is 5.73. The van der Waals surface area contributed by atoms with E-state index in [9.17, 15) is 14.0 Å². The van der Waals surface area contributed by atoms with Crippen molar-refractivity contribution in [3.63, 3.8) is 0 Å². The van der Waals surface area contributed by atoms with Crippen LogP contribution in [0.2, 0.25) is 5.02 Å². The van der Waals surface area contributed by atoms with Crippen molar-refractivity contribution in [2.24, 2.45) is 0 Å². The van der Waals surface area contributed by atoms with E-state index in [0.29, 0.717) is 43.3 Å². The van der Waals surface area contributed by atoms with Crippen molar-refractivity contribution < 1.29 is 14.0 Å². The maximum atomic E-state index is 13.8. The van der Waals surface area contributed by atoms with Crippen LogP contribution in [0.15, 0.2) is 48.5 Å². The number of urea groups is 1. The number of halogens is 2. The summed E-state index contributed by atoms with van der Waals surface area (Å²) in [6.45, 7) is 1.76. The minimum Gasteiger partial charge on any atom is -0.337 e. The summed E-state index contributed by atoms with van der Waals surface area (Å²) in [5, 5.41) is 3.41. The summed E-state index contributed by atoms with van der Waals surface area (Å²) < 4.78 is 13.8. The summed E-state index contributed by atoms with van der Waals surface area (Å²) in [6.07, 6.45) is 0.633. The van der Waals surface area contributed by atoms with Gasteiger partial charge in [-0.25, -0.2) is 9.18 Å². The van der Waals surface area contributed by atoms with Gasteiger partial charge in [0.05, 0.1) is 5.56 Å². The SMILES string of the molecule is O=C(Nc1ccc(Cl)cc1)N1CCCN(C(=O)c2ccccc2F)CC1. The van der Waals surface area contributed by atoms with E-state index in [4.69, 9.17) is 11.6 Å². The Morgan fingerprint density at radius 2 is 1.58 bits per heavy atom. The monoisotopic (exact) mass is 375 g/mol. The molecule has 2 aromatic rings. The van der Waals surface area contributed by atoms with Crippen molar-refractivity contribution in [1.29, 1.82) is 0 Å². The van der Waals surface area contributed by atoms with E-state index in [1.807, 2.05) is 0 Å². The van der Waals surface area contributed by atoms with Crippen molar-refractivity contribution in [2.45, 2.75) is 6.42 Å². The smallest absolute Gasteiger partial charge is 0.321 e. The van der Waals surface area contributed by atoms with Gasteiger partial charge in [-0.15, -0.1) is 0 Å². The van der Waals surface area contributed by atoms with Crippen LogP contribution in [-0.2, 0) is 0 Å². The van der Waals surface area contributed by atoms with Crippen LogP contribution in [0.5, 0.6) is 0 Å². The number of nitrogens with zero attached hydrogens (tertiary/aromatic N) is 2. The lowest BCUT2D eigenvalue weighted by atomic mass is 10.2. The fourth-order valence-electron chi connectivity index (χ4n) is 2.86. The molecule has 1 saturated heterocycles. The van der Waals surface area contributed by atoms with Crippen LogP contribution < -0.4 is 5.32 Å². The Hall–Kier alpha value is -2.60. The van der Waals surface area contributed by atoms with Crippen molar-refractivity contribution in [2.75, 3.05) is 31.5 Å². The average Bonchev–Trinajstić information content (AvgIpc) is 2.90. The Bertz CT molecular complexity index is 798. The van der Waals surface area contributed by atoms with Gasteiger partial charge >= 0.3 is 6.03 Å². The third kappa shape index (κ3) is 4.32. The van der Waals surface area contributed by atoms with Crippen LogP contribution in [0.25, 0.3) is 0 Å². The molecule has 0 bridgehead atoms. The van der Waals surface area contributed by atoms with Crippen LogP contribution in [-0.4, -0.2) is 47.9 Å². The number of amides is 3. The number of anilines is 1. The highest BCUT2D eigenvalue weighted by Gasteiger charge is 2.24. The minimum absolute atomic E-state index is 0.0616. The number of benzene rings is 2. The van der Waals surface area contributed by atoms with Crippen LogP contribution in [0, 0.1) is 5.82 Å². The molecule has 0 saturated carbocycles. The predicted octanol–water partition coefficient (Wildman–Crippen LogP) is 3.86. The highest BCUT2D eigenvalue weighted by atomic mass is 35.5. The van der Waals surface area contributed by atoms with E-state index in [2.05, 4.69) is 5.32 Å². The molecule has 1 fully saturated rings. The molecule has 0 spiro atoms. The van der Waals surface area contributed by atoms with Gasteiger partial charge in [0.1, 0.15) is 5.82 Å². The topological polar surface area (TPSA) is 52.7 Å². The number of carbonyl (C=O) groups is 2. The van der Waals surface area contributed by atoms with Crippen molar-refractivity contribution in [1.82, 2.24) is 9.80 Å². The molecule has 1 N–H and O–H groups in total. The molecule has 2 aromatic carbocycles. The van der Waals surface area contributed by atoms with E-state index < -0.39 is 5.82 Å². The lowest BCUT2D eigenvalue weighted by Crippen LogP contribution is -2.39. The maximum Gasteiger partial charge on any atom is 0.321 e. The average molecular weight is 376 g/mol.